The zero-order valence-corrected chi connectivity index (χ0v) is 15.3. The second kappa shape index (κ2) is 7.49. The van der Waals surface area contributed by atoms with E-state index in [4.69, 9.17) is 4.74 Å². The molecule has 5 heteroatoms. The summed E-state index contributed by atoms with van der Waals surface area (Å²) in [4.78, 5) is 40.2. The smallest absolute Gasteiger partial charge is 0.317 e. The third kappa shape index (κ3) is 3.55. The number of hydrogen-bond donors (Lipinski definition) is 0. The molecule has 24 heavy (non-hydrogen) atoms. The number of piperidine rings is 1. The van der Waals surface area contributed by atoms with Gasteiger partial charge in [0.1, 0.15) is 5.92 Å². The van der Waals surface area contributed by atoms with Crippen LogP contribution in [0.1, 0.15) is 59.3 Å². The summed E-state index contributed by atoms with van der Waals surface area (Å²) in [6.45, 7) is 7.51. The van der Waals surface area contributed by atoms with Crippen molar-refractivity contribution in [3.8, 4) is 0 Å². The summed E-state index contributed by atoms with van der Waals surface area (Å²) >= 11 is 0. The number of nitrogens with zero attached hydrogens (tertiary/aromatic N) is 1. The Morgan fingerprint density at radius 3 is 2.38 bits per heavy atom. The van der Waals surface area contributed by atoms with Gasteiger partial charge in [0.15, 0.2) is 11.6 Å². The lowest BCUT2D eigenvalue weighted by Gasteiger charge is -2.42. The number of ether oxygens (including phenoxy) is 1. The lowest BCUT2D eigenvalue weighted by Crippen LogP contribution is -2.47. The van der Waals surface area contributed by atoms with E-state index in [1.54, 1.807) is 0 Å². The van der Waals surface area contributed by atoms with Crippen molar-refractivity contribution in [3.05, 3.63) is 11.3 Å². The van der Waals surface area contributed by atoms with Crippen molar-refractivity contribution in [2.75, 3.05) is 20.2 Å². The monoisotopic (exact) mass is 335 g/mol. The second-order valence-electron chi connectivity index (χ2n) is 7.53. The minimum absolute atomic E-state index is 0.132. The average molecular weight is 335 g/mol. The Morgan fingerprint density at radius 1 is 1.21 bits per heavy atom. The summed E-state index contributed by atoms with van der Waals surface area (Å²) in [7, 11) is 1.29. The quantitative estimate of drug-likeness (QED) is 0.439. The molecule has 0 amide bonds. The van der Waals surface area contributed by atoms with Crippen LogP contribution in [-0.2, 0) is 19.1 Å². The minimum atomic E-state index is -0.896. The molecule has 0 aromatic carbocycles. The van der Waals surface area contributed by atoms with Crippen LogP contribution in [0, 0.1) is 11.3 Å². The van der Waals surface area contributed by atoms with E-state index in [2.05, 4.69) is 4.90 Å². The minimum Gasteiger partial charge on any atom is -0.468 e. The van der Waals surface area contributed by atoms with Crippen molar-refractivity contribution in [2.24, 2.45) is 11.3 Å². The van der Waals surface area contributed by atoms with Gasteiger partial charge < -0.3 is 9.64 Å². The van der Waals surface area contributed by atoms with Crippen LogP contribution >= 0.6 is 0 Å². The molecular weight excluding hydrogens is 306 g/mol. The number of rotatable bonds is 5. The van der Waals surface area contributed by atoms with Crippen LogP contribution in [0.25, 0.3) is 0 Å². The Kier molecular flexibility index (Phi) is 5.83. The van der Waals surface area contributed by atoms with Gasteiger partial charge in [-0.15, -0.1) is 0 Å². The first-order valence-electron chi connectivity index (χ1n) is 8.96. The van der Waals surface area contributed by atoms with Crippen LogP contribution in [-0.4, -0.2) is 42.6 Å². The summed E-state index contributed by atoms with van der Waals surface area (Å²) in [6, 6.07) is 0. The predicted octanol–water partition coefficient (Wildman–Crippen LogP) is 2.88. The molecule has 1 atom stereocenters. The highest BCUT2D eigenvalue weighted by molar-refractivity contribution is 6.25. The number of allylic oxidation sites excluding steroid dienone is 2. The lowest BCUT2D eigenvalue weighted by molar-refractivity contribution is -0.154. The van der Waals surface area contributed by atoms with Gasteiger partial charge in [-0.2, -0.15) is 0 Å². The number of esters is 1. The molecule has 0 spiro atoms. The van der Waals surface area contributed by atoms with Gasteiger partial charge in [0.25, 0.3) is 0 Å². The lowest BCUT2D eigenvalue weighted by atomic mass is 9.66. The van der Waals surface area contributed by atoms with E-state index in [-0.39, 0.29) is 17.1 Å². The Labute approximate surface area is 144 Å². The van der Waals surface area contributed by atoms with Gasteiger partial charge in [-0.3, -0.25) is 14.4 Å². The number of hydrogen-bond acceptors (Lipinski definition) is 5. The maximum atomic E-state index is 13.1. The summed E-state index contributed by atoms with van der Waals surface area (Å²) < 4.78 is 4.86. The second-order valence-corrected chi connectivity index (χ2v) is 7.53. The Hall–Kier alpha value is -1.65. The van der Waals surface area contributed by atoms with E-state index in [1.165, 1.54) is 13.5 Å². The highest BCUT2D eigenvalue weighted by Gasteiger charge is 2.49. The highest BCUT2D eigenvalue weighted by Crippen LogP contribution is 2.44. The molecule has 0 aromatic rings. The fourth-order valence-electron chi connectivity index (χ4n) is 3.89. The van der Waals surface area contributed by atoms with Gasteiger partial charge in [-0.25, -0.2) is 0 Å². The Balaban J connectivity index is 2.50. The first-order chi connectivity index (χ1) is 11.3. The van der Waals surface area contributed by atoms with Gasteiger partial charge in [0, 0.05) is 25.2 Å². The molecule has 2 rings (SSSR count). The first-order valence-corrected chi connectivity index (χ1v) is 8.96. The number of methoxy groups -OCH3 is 1. The standard InChI is InChI=1S/C19H29NO4/c1-5-9-14(21)15-13(20-10-7-6-8-11-20)12-19(2,3)16(17(15)22)18(23)24-4/h16H,5-12H2,1-4H3/t16-/m1/s1. The maximum absolute atomic E-state index is 13.1. The highest BCUT2D eigenvalue weighted by atomic mass is 16.5. The summed E-state index contributed by atoms with van der Waals surface area (Å²) in [5, 5.41) is 0. The molecule has 134 valence electrons. The van der Waals surface area contributed by atoms with Crippen molar-refractivity contribution >= 4 is 17.5 Å². The topological polar surface area (TPSA) is 63.7 Å². The van der Waals surface area contributed by atoms with Crippen LogP contribution in [0.3, 0.4) is 0 Å². The molecule has 0 bridgehead atoms. The van der Waals surface area contributed by atoms with Crippen molar-refractivity contribution in [1.29, 1.82) is 0 Å². The fraction of sp³-hybridized carbons (Fsp3) is 0.737. The molecule has 1 aliphatic carbocycles. The molecule has 0 saturated carbocycles. The van der Waals surface area contributed by atoms with E-state index >= 15 is 0 Å². The molecule has 2 aliphatic rings. The van der Waals surface area contributed by atoms with Gasteiger partial charge in [0.2, 0.25) is 0 Å². The van der Waals surface area contributed by atoms with Crippen LogP contribution in [0.4, 0.5) is 0 Å². The summed E-state index contributed by atoms with van der Waals surface area (Å²) in [5.41, 5.74) is 0.559. The van der Waals surface area contributed by atoms with Crippen LogP contribution < -0.4 is 0 Å². The van der Waals surface area contributed by atoms with E-state index < -0.39 is 17.3 Å². The predicted molar refractivity (Wildman–Crippen MR) is 91.3 cm³/mol. The van der Waals surface area contributed by atoms with E-state index in [0.29, 0.717) is 19.3 Å². The zero-order valence-electron chi connectivity index (χ0n) is 15.3. The third-order valence-electron chi connectivity index (χ3n) is 5.13. The molecule has 5 nitrogen and oxygen atoms in total. The normalized spacial score (nSPS) is 24.1. The number of ketones is 2. The third-order valence-corrected chi connectivity index (χ3v) is 5.13. The Morgan fingerprint density at radius 2 is 1.83 bits per heavy atom. The average Bonchev–Trinajstić information content (AvgIpc) is 2.54. The molecule has 1 saturated heterocycles. The molecule has 0 N–H and O–H groups in total. The van der Waals surface area contributed by atoms with Gasteiger partial charge in [0.05, 0.1) is 12.7 Å². The number of likely N-dealkylation sites (tertiary alicyclic amines) is 1. The van der Waals surface area contributed by atoms with E-state index in [0.717, 1.165) is 31.6 Å². The molecule has 0 radical (unpaired) electrons. The van der Waals surface area contributed by atoms with Crippen molar-refractivity contribution in [3.63, 3.8) is 0 Å². The fourth-order valence-corrected chi connectivity index (χ4v) is 3.89. The molecule has 0 unspecified atom stereocenters. The zero-order chi connectivity index (χ0) is 17.9. The SMILES string of the molecule is CCCC(=O)C1=C(N2CCCCC2)CC(C)(C)[C@@H](C(=O)OC)C1=O. The maximum Gasteiger partial charge on any atom is 0.317 e. The van der Waals surface area contributed by atoms with Crippen LogP contribution in [0.5, 0.6) is 0 Å². The van der Waals surface area contributed by atoms with Gasteiger partial charge in [-0.05, 0) is 37.5 Å². The Bertz CT molecular complexity index is 556. The van der Waals surface area contributed by atoms with Gasteiger partial charge >= 0.3 is 5.97 Å². The molecular formula is C19H29NO4. The first kappa shape index (κ1) is 18.7. The van der Waals surface area contributed by atoms with Crippen molar-refractivity contribution in [2.45, 2.75) is 59.3 Å². The largest absolute Gasteiger partial charge is 0.468 e. The van der Waals surface area contributed by atoms with Crippen molar-refractivity contribution in [1.82, 2.24) is 4.90 Å². The van der Waals surface area contributed by atoms with Crippen molar-refractivity contribution < 1.29 is 19.1 Å². The van der Waals surface area contributed by atoms with E-state index in [9.17, 15) is 14.4 Å². The van der Waals surface area contributed by atoms with Crippen LogP contribution in [0.2, 0.25) is 0 Å². The van der Waals surface area contributed by atoms with E-state index in [1.807, 2.05) is 20.8 Å². The summed E-state index contributed by atoms with van der Waals surface area (Å²) in [6.07, 6.45) is 4.93. The number of carbonyl (C=O) groups is 3. The number of carbonyl (C=O) groups excluding carboxylic acids is 3. The summed E-state index contributed by atoms with van der Waals surface area (Å²) in [5.74, 6) is -1.92. The molecule has 1 aliphatic heterocycles. The number of Topliss-reactive ketones (excluding diaryl/α,β-unsaturated/α-hetero) is 2. The van der Waals surface area contributed by atoms with Crippen LogP contribution in [0.15, 0.2) is 11.3 Å². The molecule has 1 heterocycles. The molecule has 1 fully saturated rings. The molecule has 0 aromatic heterocycles. The van der Waals surface area contributed by atoms with Gasteiger partial charge in [-0.1, -0.05) is 20.8 Å².